The van der Waals surface area contributed by atoms with E-state index >= 15 is 0 Å². The second-order valence-corrected chi connectivity index (χ2v) is 11.7. The minimum absolute atomic E-state index is 0.204. The van der Waals surface area contributed by atoms with Crippen molar-refractivity contribution < 1.29 is 33.3 Å². The Hall–Kier alpha value is -3.93. The number of aryl methyl sites for hydroxylation is 1. The molecule has 2 atom stereocenters. The van der Waals surface area contributed by atoms with Gasteiger partial charge in [-0.15, -0.1) is 0 Å². The Balaban J connectivity index is 1.99. The number of unbranched alkanes of at least 4 members (excludes halogenated alkanes) is 2. The summed E-state index contributed by atoms with van der Waals surface area (Å²) < 4.78 is 21.8. The van der Waals surface area contributed by atoms with Gasteiger partial charge >= 0.3 is 5.97 Å². The van der Waals surface area contributed by atoms with Gasteiger partial charge in [-0.05, 0) is 79.0 Å². The third-order valence-corrected chi connectivity index (χ3v) is 8.40. The lowest BCUT2D eigenvalue weighted by Gasteiger charge is -2.19. The highest BCUT2D eigenvalue weighted by molar-refractivity contribution is 7.98. The van der Waals surface area contributed by atoms with Crippen molar-refractivity contribution in [3.8, 4) is 28.4 Å². The second-order valence-electron chi connectivity index (χ2n) is 10.8. The number of hydrogen-bond acceptors (Lipinski definition) is 10. The molecule has 2 aromatic rings. The summed E-state index contributed by atoms with van der Waals surface area (Å²) in [7, 11) is 6.02. The van der Waals surface area contributed by atoms with E-state index in [1.54, 1.807) is 32.0 Å². The lowest BCUT2D eigenvalue weighted by molar-refractivity contribution is -0.140. The standard InChI is InChI=1S/C33H45N3O8S/c1-20(37)35-24-13-11-21-18-28(41-2)31(43-4)32(44-5)30(21)22-12-14-25(27(38)19-23(22)24)36-26(15-17-45-6)33(40)34-16-9-7-8-10-29(39)42-3/h12,14,18-19,24,26H,7-11,13,15-17H2,1-6H3,(H,34,40)(H,35,37)(H,36,38)/t24-,26-/m1/s1. The van der Waals surface area contributed by atoms with Crippen molar-refractivity contribution in [3.63, 3.8) is 0 Å². The fraction of sp³-hybridized carbons (Fsp3) is 0.515. The normalized spacial score (nSPS) is 14.1. The zero-order valence-electron chi connectivity index (χ0n) is 27.0. The Bertz CT molecular complexity index is 1420. The molecule has 12 heteroatoms. The van der Waals surface area contributed by atoms with E-state index in [-0.39, 0.29) is 28.9 Å². The van der Waals surface area contributed by atoms with Gasteiger partial charge in [0.15, 0.2) is 11.5 Å². The molecule has 0 radical (unpaired) electrons. The number of anilines is 1. The summed E-state index contributed by atoms with van der Waals surface area (Å²) in [6.45, 7) is 1.91. The van der Waals surface area contributed by atoms with E-state index in [4.69, 9.17) is 14.2 Å². The number of thioether (sulfide) groups is 1. The van der Waals surface area contributed by atoms with Crippen molar-refractivity contribution in [2.75, 3.05) is 52.3 Å². The number of nitrogens with one attached hydrogen (secondary N) is 3. The van der Waals surface area contributed by atoms with Crippen LogP contribution in [0.5, 0.6) is 17.2 Å². The predicted molar refractivity (Wildman–Crippen MR) is 177 cm³/mol. The summed E-state index contributed by atoms with van der Waals surface area (Å²) in [4.78, 5) is 50.5. The molecule has 0 aromatic heterocycles. The molecular formula is C33H45N3O8S. The zero-order valence-corrected chi connectivity index (χ0v) is 27.8. The van der Waals surface area contributed by atoms with Gasteiger partial charge in [-0.25, -0.2) is 0 Å². The number of amides is 2. The number of ether oxygens (including phenoxy) is 4. The molecule has 0 fully saturated rings. The summed E-state index contributed by atoms with van der Waals surface area (Å²) in [5.41, 5.74) is 2.99. The van der Waals surface area contributed by atoms with Gasteiger partial charge in [-0.3, -0.25) is 19.2 Å². The molecule has 0 saturated carbocycles. The first kappa shape index (κ1) is 35.5. The Morgan fingerprint density at radius 1 is 1.00 bits per heavy atom. The van der Waals surface area contributed by atoms with Crippen molar-refractivity contribution in [3.05, 3.63) is 45.6 Å². The maximum absolute atomic E-state index is 13.7. The molecule has 11 nitrogen and oxygen atoms in total. The third kappa shape index (κ3) is 9.29. The molecule has 3 N–H and O–H groups in total. The quantitative estimate of drug-likeness (QED) is 0.180. The highest BCUT2D eigenvalue weighted by atomic mass is 32.2. The summed E-state index contributed by atoms with van der Waals surface area (Å²) in [5, 5.41) is 9.18. The van der Waals surface area contributed by atoms with Crippen LogP contribution in [0.2, 0.25) is 0 Å². The van der Waals surface area contributed by atoms with Gasteiger partial charge in [-0.1, -0.05) is 12.5 Å². The van der Waals surface area contributed by atoms with E-state index in [1.165, 1.54) is 27.2 Å². The van der Waals surface area contributed by atoms with E-state index in [9.17, 15) is 19.2 Å². The topological polar surface area (TPSA) is 141 Å². The van der Waals surface area contributed by atoms with Crippen LogP contribution in [0.1, 0.15) is 62.6 Å². The molecule has 246 valence electrons. The van der Waals surface area contributed by atoms with Gasteiger partial charge < -0.3 is 34.9 Å². The Morgan fingerprint density at radius 3 is 2.40 bits per heavy atom. The van der Waals surface area contributed by atoms with Crippen LogP contribution >= 0.6 is 11.8 Å². The fourth-order valence-corrected chi connectivity index (χ4v) is 6.00. The van der Waals surface area contributed by atoms with Crippen LogP contribution in [0.15, 0.2) is 29.1 Å². The van der Waals surface area contributed by atoms with Crippen molar-refractivity contribution in [1.29, 1.82) is 0 Å². The van der Waals surface area contributed by atoms with E-state index in [2.05, 4.69) is 20.7 Å². The van der Waals surface area contributed by atoms with Crippen LogP contribution in [0, 0.1) is 0 Å². The second kappa shape index (κ2) is 17.5. The zero-order chi connectivity index (χ0) is 32.9. The first-order valence-electron chi connectivity index (χ1n) is 15.1. The monoisotopic (exact) mass is 643 g/mol. The van der Waals surface area contributed by atoms with Crippen molar-refractivity contribution in [2.24, 2.45) is 0 Å². The Morgan fingerprint density at radius 2 is 1.76 bits per heavy atom. The van der Waals surface area contributed by atoms with E-state index in [1.807, 2.05) is 18.4 Å². The van der Waals surface area contributed by atoms with Crippen molar-refractivity contribution >= 4 is 35.2 Å². The number of rotatable bonds is 16. The van der Waals surface area contributed by atoms with Crippen LogP contribution in [0.4, 0.5) is 5.69 Å². The van der Waals surface area contributed by atoms with Crippen LogP contribution < -0.4 is 35.6 Å². The number of fused-ring (bicyclic) bond motifs is 3. The highest BCUT2D eigenvalue weighted by Crippen LogP contribution is 2.50. The van der Waals surface area contributed by atoms with E-state index in [0.29, 0.717) is 72.8 Å². The molecule has 0 heterocycles. The van der Waals surface area contributed by atoms with E-state index < -0.39 is 12.1 Å². The van der Waals surface area contributed by atoms with Crippen LogP contribution in [-0.4, -0.2) is 70.8 Å². The van der Waals surface area contributed by atoms with Gasteiger partial charge in [0, 0.05) is 25.5 Å². The number of carbonyl (C=O) groups excluding carboxylic acids is 3. The lowest BCUT2D eigenvalue weighted by Crippen LogP contribution is -2.41. The number of methoxy groups -OCH3 is 4. The number of esters is 1. The molecule has 1 aliphatic rings. The maximum Gasteiger partial charge on any atom is 0.305 e. The largest absolute Gasteiger partial charge is 0.493 e. The fourth-order valence-electron chi connectivity index (χ4n) is 5.53. The Labute approximate surface area is 269 Å². The summed E-state index contributed by atoms with van der Waals surface area (Å²) in [6, 6.07) is 5.88. The lowest BCUT2D eigenvalue weighted by atomic mass is 9.95. The first-order chi connectivity index (χ1) is 21.7. The first-order valence-corrected chi connectivity index (χ1v) is 16.5. The van der Waals surface area contributed by atoms with Crippen LogP contribution in [-0.2, 0) is 25.5 Å². The molecule has 0 aliphatic heterocycles. The average Bonchev–Trinajstić information content (AvgIpc) is 3.27. The van der Waals surface area contributed by atoms with Crippen molar-refractivity contribution in [1.82, 2.24) is 10.6 Å². The average molecular weight is 644 g/mol. The van der Waals surface area contributed by atoms with Gasteiger partial charge in [0.1, 0.15) is 6.04 Å². The smallest absolute Gasteiger partial charge is 0.305 e. The molecule has 1 aliphatic carbocycles. The highest BCUT2D eigenvalue weighted by Gasteiger charge is 2.30. The number of hydrogen-bond donors (Lipinski definition) is 3. The van der Waals surface area contributed by atoms with Gasteiger partial charge in [-0.2, -0.15) is 11.8 Å². The van der Waals surface area contributed by atoms with Gasteiger partial charge in [0.2, 0.25) is 23.0 Å². The molecule has 2 aromatic carbocycles. The molecule has 3 rings (SSSR count). The SMILES string of the molecule is COC(=O)CCCCCNC(=O)[C@@H](CCSC)Nc1ccc2c(cc1=O)[C@H](NC(C)=O)CCc1cc(OC)c(OC)c(OC)c1-2. The molecule has 45 heavy (non-hydrogen) atoms. The van der Waals surface area contributed by atoms with Crippen molar-refractivity contribution in [2.45, 2.75) is 64.0 Å². The minimum Gasteiger partial charge on any atom is -0.493 e. The van der Waals surface area contributed by atoms with Crippen LogP contribution in [0.3, 0.4) is 0 Å². The number of benzene rings is 1. The summed E-state index contributed by atoms with van der Waals surface area (Å²) in [5.74, 6) is 1.46. The maximum atomic E-state index is 13.7. The summed E-state index contributed by atoms with van der Waals surface area (Å²) >= 11 is 1.61. The summed E-state index contributed by atoms with van der Waals surface area (Å²) in [6.07, 6.45) is 6.14. The molecule has 0 unspecified atom stereocenters. The molecular weight excluding hydrogens is 598 g/mol. The predicted octanol–water partition coefficient (Wildman–Crippen LogP) is 4.25. The van der Waals surface area contributed by atoms with Crippen LogP contribution in [0.25, 0.3) is 11.1 Å². The minimum atomic E-state index is -0.639. The third-order valence-electron chi connectivity index (χ3n) is 7.76. The van der Waals surface area contributed by atoms with E-state index in [0.717, 1.165) is 24.0 Å². The molecule has 0 spiro atoms. The number of carbonyl (C=O) groups is 3. The van der Waals surface area contributed by atoms with Gasteiger partial charge in [0.25, 0.3) is 0 Å². The van der Waals surface area contributed by atoms with Gasteiger partial charge in [0.05, 0.1) is 40.2 Å². The molecule has 2 amide bonds. The molecule has 0 bridgehead atoms. The Kier molecular flexibility index (Phi) is 13.8. The molecule has 0 saturated heterocycles.